The zero-order valence-corrected chi connectivity index (χ0v) is 22.6. The third kappa shape index (κ3) is 3.69. The van der Waals surface area contributed by atoms with E-state index < -0.39 is 0 Å². The largest absolute Gasteiger partial charge is 0.493 e. The molecule has 6 rings (SSSR count). The molecule has 3 aromatic heterocycles. The van der Waals surface area contributed by atoms with E-state index in [1.807, 2.05) is 55.6 Å². The van der Waals surface area contributed by atoms with Crippen LogP contribution in [0.5, 0.6) is 11.5 Å². The van der Waals surface area contributed by atoms with Gasteiger partial charge in [-0.1, -0.05) is 47.1 Å². The Morgan fingerprint density at radius 1 is 1.00 bits per heavy atom. The lowest BCUT2D eigenvalue weighted by molar-refractivity contribution is 0.354. The number of rotatable bonds is 5. The highest BCUT2D eigenvalue weighted by Gasteiger charge is 2.35. The molecule has 1 unspecified atom stereocenters. The molecule has 1 aliphatic rings. The van der Waals surface area contributed by atoms with Gasteiger partial charge in [-0.2, -0.15) is 4.98 Å². The highest BCUT2D eigenvalue weighted by atomic mass is 35.5. The summed E-state index contributed by atoms with van der Waals surface area (Å²) in [5.74, 6) is 2.08. The number of aromatic nitrogens is 4. The Bertz CT molecular complexity index is 1670. The van der Waals surface area contributed by atoms with Gasteiger partial charge in [-0.25, -0.2) is 0 Å². The second-order valence-electron chi connectivity index (χ2n) is 9.53. The van der Waals surface area contributed by atoms with Gasteiger partial charge in [-0.3, -0.25) is 4.98 Å². The Labute approximate surface area is 226 Å². The molecule has 38 heavy (non-hydrogen) atoms. The Kier molecular flexibility index (Phi) is 5.95. The summed E-state index contributed by atoms with van der Waals surface area (Å²) in [6.07, 6.45) is 2.57. The monoisotopic (exact) mass is 526 g/mol. The van der Waals surface area contributed by atoms with E-state index in [2.05, 4.69) is 34.6 Å². The van der Waals surface area contributed by atoms with Gasteiger partial charge in [0, 0.05) is 40.3 Å². The number of nitrogens with zero attached hydrogens (tertiary/aromatic N) is 4. The van der Waals surface area contributed by atoms with Crippen LogP contribution < -0.4 is 9.47 Å². The van der Waals surface area contributed by atoms with Gasteiger partial charge in [0.15, 0.2) is 11.5 Å². The second-order valence-corrected chi connectivity index (χ2v) is 9.91. The molecular weight excluding hydrogens is 500 g/mol. The van der Waals surface area contributed by atoms with Crippen molar-refractivity contribution in [3.8, 4) is 56.7 Å². The lowest BCUT2D eigenvalue weighted by atomic mass is 9.91. The maximum Gasteiger partial charge on any atom is 0.261 e. The van der Waals surface area contributed by atoms with Crippen molar-refractivity contribution in [2.75, 3.05) is 14.2 Å². The predicted octanol–water partition coefficient (Wildman–Crippen LogP) is 7.34. The summed E-state index contributed by atoms with van der Waals surface area (Å²) in [5.41, 5.74) is 8.76. The quantitative estimate of drug-likeness (QED) is 0.238. The molecule has 7 nitrogen and oxygen atoms in total. The van der Waals surface area contributed by atoms with Crippen molar-refractivity contribution < 1.29 is 14.0 Å². The summed E-state index contributed by atoms with van der Waals surface area (Å²) < 4.78 is 19.6. The lowest BCUT2D eigenvalue weighted by Gasteiger charge is -2.29. The lowest BCUT2D eigenvalue weighted by Crippen LogP contribution is -2.18. The van der Waals surface area contributed by atoms with Gasteiger partial charge in [0.2, 0.25) is 5.82 Å². The standard InChI is InChI=1S/C30H27ClN4O3/c1-16-13-20(11-12-32-16)24-18(3)35-17(2)14-21-22(15-23(36-4)28(37-5)26(21)31)27(35)25(24)30-33-29(34-38-30)19-9-7-6-8-10-19/h6-13,15,17H,14H2,1-5H3. The first-order valence-corrected chi connectivity index (χ1v) is 12.8. The molecule has 5 aromatic rings. The topological polar surface area (TPSA) is 75.2 Å². The molecule has 0 N–H and O–H groups in total. The molecule has 1 aliphatic heterocycles. The van der Waals surface area contributed by atoms with Crippen LogP contribution in [0.2, 0.25) is 5.02 Å². The van der Waals surface area contributed by atoms with Gasteiger partial charge in [0.1, 0.15) is 0 Å². The molecule has 1 atom stereocenters. The van der Waals surface area contributed by atoms with Crippen LogP contribution >= 0.6 is 11.6 Å². The number of benzene rings is 2. The average molecular weight is 527 g/mol. The first kappa shape index (κ1) is 24.2. The molecule has 0 aliphatic carbocycles. The molecule has 0 saturated carbocycles. The number of fused-ring (bicyclic) bond motifs is 3. The van der Waals surface area contributed by atoms with Crippen molar-refractivity contribution in [3.63, 3.8) is 0 Å². The van der Waals surface area contributed by atoms with Crippen LogP contribution in [0.25, 0.3) is 45.2 Å². The van der Waals surface area contributed by atoms with Crippen LogP contribution in [0.4, 0.5) is 0 Å². The number of hydrogen-bond acceptors (Lipinski definition) is 6. The summed E-state index contributed by atoms with van der Waals surface area (Å²) >= 11 is 6.94. The molecule has 8 heteroatoms. The Hall–Kier alpha value is -4.10. The van der Waals surface area contributed by atoms with E-state index >= 15 is 0 Å². The van der Waals surface area contributed by atoms with Crippen LogP contribution in [0, 0.1) is 13.8 Å². The van der Waals surface area contributed by atoms with Crippen LogP contribution in [0.3, 0.4) is 0 Å². The molecule has 0 amide bonds. The Balaban J connectivity index is 1.70. The van der Waals surface area contributed by atoms with Gasteiger partial charge in [-0.15, -0.1) is 0 Å². The van der Waals surface area contributed by atoms with Gasteiger partial charge in [0.05, 0.1) is 30.5 Å². The van der Waals surface area contributed by atoms with E-state index in [4.69, 9.17) is 30.6 Å². The average Bonchev–Trinajstić information content (AvgIpc) is 3.53. The van der Waals surface area contributed by atoms with E-state index in [1.54, 1.807) is 14.2 Å². The third-order valence-corrected chi connectivity index (χ3v) is 7.62. The van der Waals surface area contributed by atoms with Crippen molar-refractivity contribution in [1.29, 1.82) is 0 Å². The summed E-state index contributed by atoms with van der Waals surface area (Å²) in [4.78, 5) is 9.30. The summed E-state index contributed by atoms with van der Waals surface area (Å²) in [6.45, 7) is 6.32. The molecule has 2 aromatic carbocycles. The highest BCUT2D eigenvalue weighted by Crippen LogP contribution is 2.53. The zero-order chi connectivity index (χ0) is 26.6. The first-order chi connectivity index (χ1) is 18.4. The molecular formula is C30H27ClN4O3. The van der Waals surface area contributed by atoms with Crippen LogP contribution in [-0.2, 0) is 6.42 Å². The van der Waals surface area contributed by atoms with Crippen LogP contribution in [0.1, 0.15) is 29.9 Å². The smallest absolute Gasteiger partial charge is 0.261 e. The number of aryl methyl sites for hydroxylation is 1. The minimum Gasteiger partial charge on any atom is -0.493 e. The molecule has 0 saturated heterocycles. The molecule has 0 spiro atoms. The second kappa shape index (κ2) is 9.33. The first-order valence-electron chi connectivity index (χ1n) is 12.4. The summed E-state index contributed by atoms with van der Waals surface area (Å²) in [6, 6.07) is 16.0. The normalized spacial score (nSPS) is 14.2. The number of methoxy groups -OCH3 is 2. The fourth-order valence-electron chi connectivity index (χ4n) is 5.60. The van der Waals surface area contributed by atoms with Crippen molar-refractivity contribution in [3.05, 3.63) is 76.7 Å². The van der Waals surface area contributed by atoms with Gasteiger partial charge in [0.25, 0.3) is 5.89 Å². The molecule has 0 radical (unpaired) electrons. The third-order valence-electron chi connectivity index (χ3n) is 7.22. The van der Waals surface area contributed by atoms with Crippen molar-refractivity contribution in [2.24, 2.45) is 0 Å². The minimum absolute atomic E-state index is 0.125. The van der Waals surface area contributed by atoms with Gasteiger partial charge >= 0.3 is 0 Å². The van der Waals surface area contributed by atoms with Crippen molar-refractivity contribution in [1.82, 2.24) is 19.7 Å². The number of ether oxygens (including phenoxy) is 2. The fraction of sp³-hybridized carbons (Fsp3) is 0.233. The Morgan fingerprint density at radius 3 is 2.50 bits per heavy atom. The summed E-state index contributed by atoms with van der Waals surface area (Å²) in [7, 11) is 3.22. The van der Waals surface area contributed by atoms with E-state index in [0.29, 0.717) is 28.2 Å². The Morgan fingerprint density at radius 2 is 1.79 bits per heavy atom. The highest BCUT2D eigenvalue weighted by molar-refractivity contribution is 6.33. The van der Waals surface area contributed by atoms with Crippen molar-refractivity contribution in [2.45, 2.75) is 33.2 Å². The maximum atomic E-state index is 6.94. The maximum absolute atomic E-state index is 6.94. The minimum atomic E-state index is 0.125. The molecule has 192 valence electrons. The number of pyridine rings is 1. The van der Waals surface area contributed by atoms with Gasteiger partial charge in [-0.05, 0) is 56.5 Å². The van der Waals surface area contributed by atoms with Crippen LogP contribution in [-0.4, -0.2) is 33.9 Å². The zero-order valence-electron chi connectivity index (χ0n) is 21.9. The van der Waals surface area contributed by atoms with Crippen LogP contribution in [0.15, 0.2) is 59.3 Å². The van der Waals surface area contributed by atoms with E-state index in [-0.39, 0.29) is 6.04 Å². The predicted molar refractivity (Wildman–Crippen MR) is 148 cm³/mol. The van der Waals surface area contributed by atoms with Crippen molar-refractivity contribution >= 4 is 11.6 Å². The summed E-state index contributed by atoms with van der Waals surface area (Å²) in [5, 5.41) is 4.91. The number of hydrogen-bond donors (Lipinski definition) is 0. The fourth-order valence-corrected chi connectivity index (χ4v) is 5.95. The molecule has 0 fully saturated rings. The molecule has 0 bridgehead atoms. The van der Waals surface area contributed by atoms with E-state index in [1.165, 1.54) is 0 Å². The van der Waals surface area contributed by atoms with E-state index in [9.17, 15) is 0 Å². The number of halogens is 1. The van der Waals surface area contributed by atoms with E-state index in [0.717, 1.165) is 56.9 Å². The van der Waals surface area contributed by atoms with Gasteiger partial charge < -0.3 is 18.6 Å². The SMILES string of the molecule is COc1cc2c(c(Cl)c1OC)CC(C)n1c(C)c(-c3ccnc(C)c3)c(-c3nc(-c4ccccc4)no3)c1-2. The molecule has 4 heterocycles.